The fraction of sp³-hybridized carbons (Fsp3) is 0.550. The maximum Gasteiger partial charge on any atom is 0.124 e. The van der Waals surface area contributed by atoms with E-state index in [1.165, 1.54) is 42.0 Å². The molecule has 0 spiro atoms. The average Bonchev–Trinajstić information content (AvgIpc) is 3.06. The second-order valence-corrected chi connectivity index (χ2v) is 7.50. The molecule has 0 atom stereocenters. The highest BCUT2D eigenvalue weighted by molar-refractivity contribution is 5.52. The van der Waals surface area contributed by atoms with Crippen molar-refractivity contribution in [1.29, 1.82) is 0 Å². The molecule has 2 aliphatic heterocycles. The van der Waals surface area contributed by atoms with Crippen LogP contribution in [0.25, 0.3) is 0 Å². The number of hydrogen-bond donors (Lipinski definition) is 1. The van der Waals surface area contributed by atoms with Crippen molar-refractivity contribution in [3.05, 3.63) is 41.6 Å². The number of anilines is 2. The van der Waals surface area contributed by atoms with E-state index in [1.54, 1.807) is 0 Å². The molecule has 0 radical (unpaired) electrons. The lowest BCUT2D eigenvalue weighted by atomic mass is 9.62. The van der Waals surface area contributed by atoms with Crippen LogP contribution in [0.1, 0.15) is 36.9 Å². The SMILES string of the molecule is c1cc(C2(c3cc4n(n3)CCCN4)CCC2)ccc1N1CCOCC1. The number of morpholine rings is 1. The van der Waals surface area contributed by atoms with Gasteiger partial charge in [0.05, 0.1) is 18.9 Å². The van der Waals surface area contributed by atoms with E-state index in [2.05, 4.69) is 45.2 Å². The molecular formula is C20H26N4O. The van der Waals surface area contributed by atoms with E-state index in [0.29, 0.717) is 0 Å². The van der Waals surface area contributed by atoms with E-state index < -0.39 is 0 Å². The molecular weight excluding hydrogens is 312 g/mol. The number of rotatable bonds is 3. The van der Waals surface area contributed by atoms with Gasteiger partial charge in [-0.15, -0.1) is 0 Å². The molecule has 1 saturated heterocycles. The van der Waals surface area contributed by atoms with Crippen LogP contribution < -0.4 is 10.2 Å². The van der Waals surface area contributed by atoms with Crippen LogP contribution in [0, 0.1) is 0 Å². The summed E-state index contributed by atoms with van der Waals surface area (Å²) in [6, 6.07) is 11.5. The summed E-state index contributed by atoms with van der Waals surface area (Å²) in [7, 11) is 0. The first kappa shape index (κ1) is 15.3. The molecule has 5 heteroatoms. The van der Waals surface area contributed by atoms with Crippen LogP contribution in [-0.2, 0) is 16.7 Å². The quantitative estimate of drug-likeness (QED) is 0.934. The highest BCUT2D eigenvalue weighted by atomic mass is 16.5. The minimum Gasteiger partial charge on any atom is -0.378 e. The van der Waals surface area contributed by atoms with Crippen molar-refractivity contribution >= 4 is 11.5 Å². The van der Waals surface area contributed by atoms with E-state index in [4.69, 9.17) is 9.84 Å². The summed E-state index contributed by atoms with van der Waals surface area (Å²) in [6.07, 6.45) is 4.87. The molecule has 0 bridgehead atoms. The molecule has 5 nitrogen and oxygen atoms in total. The fourth-order valence-electron chi connectivity index (χ4n) is 4.44. The molecule has 1 saturated carbocycles. The number of hydrogen-bond acceptors (Lipinski definition) is 4. The van der Waals surface area contributed by atoms with Crippen molar-refractivity contribution in [2.24, 2.45) is 0 Å². The van der Waals surface area contributed by atoms with Gasteiger partial charge >= 0.3 is 0 Å². The normalized spacial score (nSPS) is 22.0. The summed E-state index contributed by atoms with van der Waals surface area (Å²) >= 11 is 0. The zero-order valence-corrected chi connectivity index (χ0v) is 14.7. The first-order valence-corrected chi connectivity index (χ1v) is 9.61. The van der Waals surface area contributed by atoms with Crippen LogP contribution in [-0.4, -0.2) is 42.6 Å². The Balaban J connectivity index is 1.44. The lowest BCUT2D eigenvalue weighted by Gasteiger charge is -2.41. The van der Waals surface area contributed by atoms with Gasteiger partial charge in [0.25, 0.3) is 0 Å². The van der Waals surface area contributed by atoms with Gasteiger partial charge in [-0.2, -0.15) is 5.10 Å². The highest BCUT2D eigenvalue weighted by Crippen LogP contribution is 2.49. The average molecular weight is 338 g/mol. The Hall–Kier alpha value is -2.01. The predicted octanol–water partition coefficient (Wildman–Crippen LogP) is 3.01. The van der Waals surface area contributed by atoms with Crippen LogP contribution >= 0.6 is 0 Å². The van der Waals surface area contributed by atoms with E-state index in [-0.39, 0.29) is 5.41 Å². The summed E-state index contributed by atoms with van der Waals surface area (Å²) in [4.78, 5) is 2.42. The molecule has 5 rings (SSSR count). The van der Waals surface area contributed by atoms with Gasteiger partial charge in [0, 0.05) is 43.3 Å². The van der Waals surface area contributed by atoms with Gasteiger partial charge in [-0.25, -0.2) is 4.68 Å². The standard InChI is InChI=1S/C20H26N4O/c1-7-20(8-1,18-15-19-21-9-2-10-24(19)22-18)16-3-5-17(6-4-16)23-11-13-25-14-12-23/h3-6,15,21H,1-2,7-14H2. The third-order valence-corrected chi connectivity index (χ3v) is 6.13. The monoisotopic (exact) mass is 338 g/mol. The molecule has 2 fully saturated rings. The van der Waals surface area contributed by atoms with Crippen LogP contribution in [0.3, 0.4) is 0 Å². The Morgan fingerprint density at radius 1 is 1.00 bits per heavy atom. The first-order chi connectivity index (χ1) is 12.4. The molecule has 1 N–H and O–H groups in total. The number of nitrogens with one attached hydrogen (secondary N) is 1. The number of ether oxygens (including phenoxy) is 1. The fourth-order valence-corrected chi connectivity index (χ4v) is 4.44. The van der Waals surface area contributed by atoms with E-state index in [1.807, 2.05) is 0 Å². The number of nitrogens with zero attached hydrogens (tertiary/aromatic N) is 3. The van der Waals surface area contributed by atoms with Crippen molar-refractivity contribution in [1.82, 2.24) is 9.78 Å². The van der Waals surface area contributed by atoms with Crippen LogP contribution in [0.4, 0.5) is 11.5 Å². The summed E-state index contributed by atoms with van der Waals surface area (Å²) in [6.45, 7) is 5.74. The lowest BCUT2D eigenvalue weighted by Crippen LogP contribution is -2.37. The van der Waals surface area contributed by atoms with E-state index >= 15 is 0 Å². The highest BCUT2D eigenvalue weighted by Gasteiger charge is 2.43. The second-order valence-electron chi connectivity index (χ2n) is 7.50. The van der Waals surface area contributed by atoms with Gasteiger partial charge in [0.15, 0.2) is 0 Å². The third-order valence-electron chi connectivity index (χ3n) is 6.13. The maximum absolute atomic E-state index is 5.47. The summed E-state index contributed by atoms with van der Waals surface area (Å²) < 4.78 is 7.62. The number of aromatic nitrogens is 2. The number of fused-ring (bicyclic) bond motifs is 1. The maximum atomic E-state index is 5.47. The van der Waals surface area contributed by atoms with Crippen molar-refractivity contribution in [2.45, 2.75) is 37.6 Å². The van der Waals surface area contributed by atoms with E-state index in [9.17, 15) is 0 Å². The van der Waals surface area contributed by atoms with Crippen LogP contribution in [0.2, 0.25) is 0 Å². The zero-order valence-electron chi connectivity index (χ0n) is 14.7. The summed E-state index contributed by atoms with van der Waals surface area (Å²) in [5, 5.41) is 8.45. The molecule has 132 valence electrons. The molecule has 25 heavy (non-hydrogen) atoms. The number of benzene rings is 1. The van der Waals surface area contributed by atoms with Crippen molar-refractivity contribution in [3.8, 4) is 0 Å². The van der Waals surface area contributed by atoms with Crippen molar-refractivity contribution in [3.63, 3.8) is 0 Å². The number of aryl methyl sites for hydroxylation is 1. The lowest BCUT2D eigenvalue weighted by molar-refractivity contribution is 0.122. The van der Waals surface area contributed by atoms with Gasteiger partial charge in [0.1, 0.15) is 5.82 Å². The summed E-state index contributed by atoms with van der Waals surface area (Å²) in [5.74, 6) is 1.19. The minimum absolute atomic E-state index is 0.121. The predicted molar refractivity (Wildman–Crippen MR) is 99.4 cm³/mol. The van der Waals surface area contributed by atoms with Crippen molar-refractivity contribution in [2.75, 3.05) is 43.1 Å². The Morgan fingerprint density at radius 3 is 2.48 bits per heavy atom. The Labute approximate surface area is 149 Å². The Morgan fingerprint density at radius 2 is 1.80 bits per heavy atom. The van der Waals surface area contributed by atoms with Crippen LogP contribution in [0.5, 0.6) is 0 Å². The molecule has 0 unspecified atom stereocenters. The Bertz CT molecular complexity index is 718. The van der Waals surface area contributed by atoms with Crippen molar-refractivity contribution < 1.29 is 4.74 Å². The third kappa shape index (κ3) is 2.53. The molecule has 1 aromatic heterocycles. The molecule has 1 aliphatic carbocycles. The van der Waals surface area contributed by atoms with Gasteiger partial charge in [-0.3, -0.25) is 0 Å². The largest absolute Gasteiger partial charge is 0.378 e. The molecule has 3 aliphatic rings. The van der Waals surface area contributed by atoms with E-state index in [0.717, 1.165) is 45.8 Å². The van der Waals surface area contributed by atoms with Gasteiger partial charge in [-0.05, 0) is 37.0 Å². The topological polar surface area (TPSA) is 42.3 Å². The smallest absolute Gasteiger partial charge is 0.124 e. The minimum atomic E-state index is 0.121. The second kappa shape index (κ2) is 6.06. The molecule has 1 aromatic carbocycles. The molecule has 0 amide bonds. The van der Waals surface area contributed by atoms with Gasteiger partial charge in [0.2, 0.25) is 0 Å². The zero-order chi connectivity index (χ0) is 16.7. The van der Waals surface area contributed by atoms with Gasteiger partial charge in [-0.1, -0.05) is 18.6 Å². The van der Waals surface area contributed by atoms with Crippen LogP contribution in [0.15, 0.2) is 30.3 Å². The first-order valence-electron chi connectivity index (χ1n) is 9.61. The summed E-state index contributed by atoms with van der Waals surface area (Å²) in [5.41, 5.74) is 4.11. The molecule has 3 heterocycles. The van der Waals surface area contributed by atoms with Gasteiger partial charge < -0.3 is 15.0 Å². The Kier molecular flexibility index (Phi) is 3.70. The molecule has 2 aromatic rings.